The van der Waals surface area contributed by atoms with Crippen LogP contribution in [-0.4, -0.2) is 0 Å². The van der Waals surface area contributed by atoms with Crippen LogP contribution < -0.4 is 0 Å². The van der Waals surface area contributed by atoms with Gasteiger partial charge in [0.05, 0.1) is 0 Å². The Kier molecular flexibility index (Phi) is 2.82. The highest BCUT2D eigenvalue weighted by Crippen LogP contribution is 2.23. The van der Waals surface area contributed by atoms with Crippen molar-refractivity contribution < 1.29 is 9.50 Å². The van der Waals surface area contributed by atoms with Crippen molar-refractivity contribution in [2.24, 2.45) is 5.92 Å². The molecule has 0 aliphatic carbocycles. The second-order valence-corrected chi connectivity index (χ2v) is 3.19. The predicted octanol–water partition coefficient (Wildman–Crippen LogP) is 2.95. The molecule has 1 aromatic rings. The minimum atomic E-state index is -0.953. The molecule has 1 radical (unpaired) electrons. The summed E-state index contributed by atoms with van der Waals surface area (Å²) in [7, 11) is 0. The smallest absolute Gasteiger partial charge is 0.129 e. The zero-order valence-electron chi connectivity index (χ0n) is 7.25. The van der Waals surface area contributed by atoms with Crippen LogP contribution in [0.1, 0.15) is 25.5 Å². The Morgan fingerprint density at radius 1 is 1.25 bits per heavy atom. The first-order valence-electron chi connectivity index (χ1n) is 4.03. The molecule has 0 N–H and O–H groups in total. The van der Waals surface area contributed by atoms with Crippen molar-refractivity contribution in [2.75, 3.05) is 0 Å². The van der Waals surface area contributed by atoms with Gasteiger partial charge in [0.15, 0.2) is 0 Å². The Morgan fingerprint density at radius 3 is 2.33 bits per heavy atom. The topological polar surface area (TPSA) is 19.9 Å². The van der Waals surface area contributed by atoms with Crippen LogP contribution in [0, 0.1) is 11.7 Å². The van der Waals surface area contributed by atoms with E-state index in [0.29, 0.717) is 0 Å². The van der Waals surface area contributed by atoms with Gasteiger partial charge in [0.25, 0.3) is 0 Å². The summed E-state index contributed by atoms with van der Waals surface area (Å²) in [6, 6.07) is 6.15. The molecule has 0 bridgehead atoms. The Hall–Kier alpha value is -0.890. The van der Waals surface area contributed by atoms with Gasteiger partial charge in [0.1, 0.15) is 11.9 Å². The maximum absolute atomic E-state index is 13.0. The van der Waals surface area contributed by atoms with Gasteiger partial charge in [0, 0.05) is 5.56 Å². The lowest BCUT2D eigenvalue weighted by molar-refractivity contribution is 0.0458. The number of hydrogen-bond acceptors (Lipinski definition) is 0. The summed E-state index contributed by atoms with van der Waals surface area (Å²) >= 11 is 0. The van der Waals surface area contributed by atoms with E-state index in [9.17, 15) is 9.50 Å². The van der Waals surface area contributed by atoms with Crippen molar-refractivity contribution in [3.8, 4) is 0 Å². The van der Waals surface area contributed by atoms with Crippen molar-refractivity contribution in [3.05, 3.63) is 35.6 Å². The Morgan fingerprint density at radius 2 is 1.83 bits per heavy atom. The third-order valence-corrected chi connectivity index (χ3v) is 1.82. The zero-order valence-corrected chi connectivity index (χ0v) is 7.25. The van der Waals surface area contributed by atoms with E-state index in [1.165, 1.54) is 6.07 Å². The molecule has 2 heteroatoms. The molecule has 1 rings (SSSR count). The van der Waals surface area contributed by atoms with Crippen LogP contribution in [0.4, 0.5) is 4.39 Å². The van der Waals surface area contributed by atoms with Crippen LogP contribution in [0.2, 0.25) is 0 Å². The fraction of sp³-hybridized carbons (Fsp3) is 0.400. The van der Waals surface area contributed by atoms with Gasteiger partial charge in [-0.25, -0.2) is 9.50 Å². The van der Waals surface area contributed by atoms with Crippen LogP contribution in [-0.2, 0) is 5.11 Å². The van der Waals surface area contributed by atoms with E-state index in [1.54, 1.807) is 32.0 Å². The number of benzene rings is 1. The molecule has 1 nitrogen and oxygen atoms in total. The summed E-state index contributed by atoms with van der Waals surface area (Å²) < 4.78 is 13.0. The average Bonchev–Trinajstić information content (AvgIpc) is 2.04. The van der Waals surface area contributed by atoms with E-state index in [2.05, 4.69) is 0 Å². The minimum Gasteiger partial charge on any atom is -0.228 e. The second-order valence-electron chi connectivity index (χ2n) is 3.19. The third-order valence-electron chi connectivity index (χ3n) is 1.82. The third kappa shape index (κ3) is 1.83. The van der Waals surface area contributed by atoms with E-state index in [-0.39, 0.29) is 11.5 Å². The average molecular weight is 167 g/mol. The summed E-state index contributed by atoms with van der Waals surface area (Å²) in [6.45, 7) is 3.59. The van der Waals surface area contributed by atoms with E-state index < -0.39 is 11.9 Å². The monoisotopic (exact) mass is 167 g/mol. The summed E-state index contributed by atoms with van der Waals surface area (Å²) in [5, 5.41) is 11.4. The molecule has 0 heterocycles. The Labute approximate surface area is 71.9 Å². The fourth-order valence-electron chi connectivity index (χ4n) is 1.06. The lowest BCUT2D eigenvalue weighted by atomic mass is 9.99. The van der Waals surface area contributed by atoms with E-state index in [1.807, 2.05) is 0 Å². The molecule has 0 aliphatic rings. The lowest BCUT2D eigenvalue weighted by Crippen LogP contribution is -2.05. The molecule has 0 spiro atoms. The van der Waals surface area contributed by atoms with Gasteiger partial charge >= 0.3 is 0 Å². The molecule has 0 saturated heterocycles. The van der Waals surface area contributed by atoms with Crippen molar-refractivity contribution in [2.45, 2.75) is 20.0 Å². The molecule has 0 amide bonds. The predicted molar refractivity (Wildman–Crippen MR) is 44.7 cm³/mol. The van der Waals surface area contributed by atoms with Gasteiger partial charge in [-0.3, -0.25) is 0 Å². The van der Waals surface area contributed by atoms with Crippen molar-refractivity contribution in [1.29, 1.82) is 0 Å². The Balaban J connectivity index is 2.94. The van der Waals surface area contributed by atoms with Crippen molar-refractivity contribution in [3.63, 3.8) is 0 Å². The van der Waals surface area contributed by atoms with Gasteiger partial charge in [0.2, 0.25) is 0 Å². The quantitative estimate of drug-likeness (QED) is 0.645. The van der Waals surface area contributed by atoms with Gasteiger partial charge in [-0.05, 0) is 12.0 Å². The zero-order chi connectivity index (χ0) is 9.14. The summed E-state index contributed by atoms with van der Waals surface area (Å²) in [6.07, 6.45) is -0.953. The molecular formula is C10H12FO. The highest BCUT2D eigenvalue weighted by atomic mass is 19.1. The van der Waals surface area contributed by atoms with Crippen LogP contribution in [0.15, 0.2) is 24.3 Å². The number of halogens is 1. The molecule has 12 heavy (non-hydrogen) atoms. The van der Waals surface area contributed by atoms with Gasteiger partial charge < -0.3 is 0 Å². The molecule has 0 saturated carbocycles. The molecule has 1 atom stereocenters. The van der Waals surface area contributed by atoms with Gasteiger partial charge in [-0.15, -0.1) is 0 Å². The summed E-state index contributed by atoms with van der Waals surface area (Å²) in [5.74, 6) is -0.465. The fourth-order valence-corrected chi connectivity index (χ4v) is 1.06. The Bertz CT molecular complexity index is 258. The van der Waals surface area contributed by atoms with Crippen LogP contribution in [0.25, 0.3) is 0 Å². The molecular weight excluding hydrogens is 155 g/mol. The van der Waals surface area contributed by atoms with E-state index >= 15 is 0 Å². The molecule has 1 aromatic carbocycles. The van der Waals surface area contributed by atoms with Crippen LogP contribution in [0.5, 0.6) is 0 Å². The first-order chi connectivity index (χ1) is 5.63. The highest BCUT2D eigenvalue weighted by molar-refractivity contribution is 5.19. The summed E-state index contributed by atoms with van der Waals surface area (Å²) in [4.78, 5) is 0. The van der Waals surface area contributed by atoms with Gasteiger partial charge in [-0.1, -0.05) is 32.0 Å². The molecule has 0 fully saturated rings. The molecule has 0 aromatic heterocycles. The summed E-state index contributed by atoms with van der Waals surface area (Å²) in [5.41, 5.74) is 0.271. The maximum Gasteiger partial charge on any atom is 0.129 e. The van der Waals surface area contributed by atoms with Crippen LogP contribution >= 0.6 is 0 Å². The van der Waals surface area contributed by atoms with E-state index in [0.717, 1.165) is 0 Å². The van der Waals surface area contributed by atoms with Crippen molar-refractivity contribution in [1.82, 2.24) is 0 Å². The van der Waals surface area contributed by atoms with Crippen LogP contribution in [0.3, 0.4) is 0 Å². The van der Waals surface area contributed by atoms with E-state index in [4.69, 9.17) is 0 Å². The minimum absolute atomic E-state index is 0.0677. The normalized spacial score (nSPS) is 13.4. The molecule has 1 unspecified atom stereocenters. The van der Waals surface area contributed by atoms with Gasteiger partial charge in [-0.2, -0.15) is 0 Å². The largest absolute Gasteiger partial charge is 0.228 e. The second kappa shape index (κ2) is 3.68. The molecule has 65 valence electrons. The SMILES string of the molecule is CC(C)C([O])c1ccccc1F. The standard InChI is InChI=1S/C10H12FO/c1-7(2)10(12)8-5-3-4-6-9(8)11/h3-7,10H,1-2H3. The lowest BCUT2D eigenvalue weighted by Gasteiger charge is -2.12. The highest BCUT2D eigenvalue weighted by Gasteiger charge is 2.16. The number of hydrogen-bond donors (Lipinski definition) is 0. The molecule has 0 aliphatic heterocycles. The first-order valence-corrected chi connectivity index (χ1v) is 4.03. The first kappa shape index (κ1) is 9.20. The van der Waals surface area contributed by atoms with Crippen molar-refractivity contribution >= 4 is 0 Å². The number of rotatable bonds is 2. The maximum atomic E-state index is 13.0.